The molecular formula is C7H9FN2S2. The summed E-state index contributed by atoms with van der Waals surface area (Å²) >= 11 is 1.74. The fourth-order valence-electron chi connectivity index (χ4n) is 0.758. The molecule has 5 heteroatoms. The third-order valence-corrected chi connectivity index (χ3v) is 2.78. The monoisotopic (exact) mass is 204 g/mol. The number of aryl methyl sites for hydroxylation is 1. The van der Waals surface area contributed by atoms with Crippen molar-refractivity contribution in [3.05, 3.63) is 23.8 Å². The number of pyridine rings is 1. The molecule has 0 saturated carbocycles. The lowest BCUT2D eigenvalue weighted by molar-refractivity contribution is 0.800. The second kappa shape index (κ2) is 4.57. The van der Waals surface area contributed by atoms with Gasteiger partial charge < -0.3 is 4.57 Å². The molecule has 0 aromatic carbocycles. The van der Waals surface area contributed by atoms with Crippen molar-refractivity contribution < 1.29 is 3.89 Å². The minimum Gasteiger partial charge on any atom is -0.335 e. The van der Waals surface area contributed by atoms with Crippen LogP contribution >= 0.6 is 23.9 Å². The molecule has 0 saturated heterocycles. The van der Waals surface area contributed by atoms with Crippen molar-refractivity contribution in [1.29, 1.82) is 5.41 Å². The second-order valence-corrected chi connectivity index (χ2v) is 4.15. The highest BCUT2D eigenvalue weighted by Gasteiger charge is 1.94. The molecular weight excluding hydrogens is 195 g/mol. The number of hydrogen-bond donors (Lipinski definition) is 1. The number of rotatable bonds is 3. The van der Waals surface area contributed by atoms with Gasteiger partial charge in [-0.3, -0.25) is 5.41 Å². The molecule has 1 aromatic heterocycles. The zero-order chi connectivity index (χ0) is 8.97. The summed E-state index contributed by atoms with van der Waals surface area (Å²) < 4.78 is 13.4. The third kappa shape index (κ3) is 2.57. The quantitative estimate of drug-likeness (QED) is 0.604. The lowest BCUT2D eigenvalue weighted by atomic mass is 10.5. The van der Waals surface area contributed by atoms with Gasteiger partial charge in [-0.05, 0) is 12.1 Å². The highest BCUT2D eigenvalue weighted by Crippen LogP contribution is 2.21. The standard InChI is InChI=1S/C7H9FN2S2/c1-10-4-6(11-5-12-8)2-3-7(10)9/h2-4,9H,5H2,1H3. The van der Waals surface area contributed by atoms with Gasteiger partial charge >= 0.3 is 0 Å². The zero-order valence-electron chi connectivity index (χ0n) is 6.58. The van der Waals surface area contributed by atoms with Crippen LogP contribution in [0.5, 0.6) is 0 Å². The average molecular weight is 204 g/mol. The van der Waals surface area contributed by atoms with E-state index in [-0.39, 0.29) is 0 Å². The smallest absolute Gasteiger partial charge is 0.124 e. The van der Waals surface area contributed by atoms with Gasteiger partial charge in [0.25, 0.3) is 0 Å². The predicted molar refractivity (Wildman–Crippen MR) is 50.7 cm³/mol. The molecule has 0 aliphatic rings. The summed E-state index contributed by atoms with van der Waals surface area (Å²) in [5.41, 5.74) is 0.451. The summed E-state index contributed by atoms with van der Waals surface area (Å²) in [4.78, 5) is 0.985. The summed E-state index contributed by atoms with van der Waals surface area (Å²) in [5.74, 6) is 0. The molecule has 0 aliphatic heterocycles. The SMILES string of the molecule is Cn1cc(SCSF)ccc1=N. The average Bonchev–Trinajstić information content (AvgIpc) is 2.07. The van der Waals surface area contributed by atoms with Crippen LogP contribution in [0.2, 0.25) is 0 Å². The summed E-state index contributed by atoms with van der Waals surface area (Å²) in [6.45, 7) is 0. The van der Waals surface area contributed by atoms with Crippen molar-refractivity contribution in [3.63, 3.8) is 0 Å². The Kier molecular flexibility index (Phi) is 3.68. The molecule has 0 spiro atoms. The van der Waals surface area contributed by atoms with E-state index in [0.29, 0.717) is 22.7 Å². The maximum Gasteiger partial charge on any atom is 0.124 e. The predicted octanol–water partition coefficient (Wildman–Crippen LogP) is 2.17. The van der Waals surface area contributed by atoms with Crippen LogP contribution in [-0.2, 0) is 7.05 Å². The van der Waals surface area contributed by atoms with Crippen molar-refractivity contribution >= 4 is 23.9 Å². The Morgan fingerprint density at radius 2 is 2.33 bits per heavy atom. The van der Waals surface area contributed by atoms with E-state index >= 15 is 0 Å². The minimum absolute atomic E-state index is 0.313. The van der Waals surface area contributed by atoms with Crippen LogP contribution in [0.15, 0.2) is 23.2 Å². The molecule has 1 aromatic rings. The maximum absolute atomic E-state index is 11.7. The lowest BCUT2D eigenvalue weighted by Crippen LogP contribution is -2.14. The van der Waals surface area contributed by atoms with E-state index in [1.54, 1.807) is 17.7 Å². The first-order valence-electron chi connectivity index (χ1n) is 3.31. The van der Waals surface area contributed by atoms with Crippen LogP contribution in [0.1, 0.15) is 0 Å². The van der Waals surface area contributed by atoms with E-state index in [4.69, 9.17) is 5.41 Å². The van der Waals surface area contributed by atoms with E-state index in [1.165, 1.54) is 11.8 Å². The highest BCUT2D eigenvalue weighted by molar-refractivity contribution is 8.13. The van der Waals surface area contributed by atoms with E-state index in [1.807, 2.05) is 12.3 Å². The Morgan fingerprint density at radius 3 is 2.92 bits per heavy atom. The molecule has 0 bridgehead atoms. The van der Waals surface area contributed by atoms with Crippen molar-refractivity contribution in [2.45, 2.75) is 4.90 Å². The van der Waals surface area contributed by atoms with Gasteiger partial charge in [-0.2, -0.15) is 3.89 Å². The van der Waals surface area contributed by atoms with Crippen LogP contribution in [0, 0.1) is 5.41 Å². The number of hydrogen-bond acceptors (Lipinski definition) is 3. The zero-order valence-corrected chi connectivity index (χ0v) is 8.21. The largest absolute Gasteiger partial charge is 0.335 e. The Labute approximate surface area is 79.0 Å². The third-order valence-electron chi connectivity index (χ3n) is 1.38. The van der Waals surface area contributed by atoms with Crippen molar-refractivity contribution in [2.75, 3.05) is 5.08 Å². The minimum atomic E-state index is 0.313. The van der Waals surface area contributed by atoms with E-state index in [9.17, 15) is 3.89 Å². The lowest BCUT2D eigenvalue weighted by Gasteiger charge is -2.01. The summed E-state index contributed by atoms with van der Waals surface area (Å²) in [5, 5.41) is 7.77. The van der Waals surface area contributed by atoms with Crippen molar-refractivity contribution in [2.24, 2.45) is 7.05 Å². The van der Waals surface area contributed by atoms with Gasteiger partial charge in [0.1, 0.15) is 5.49 Å². The van der Waals surface area contributed by atoms with Crippen LogP contribution in [0.3, 0.4) is 0 Å². The Hall–Kier alpha value is -0.420. The summed E-state index contributed by atoms with van der Waals surface area (Å²) in [6, 6.07) is 3.52. The fourth-order valence-corrected chi connectivity index (χ4v) is 1.88. The second-order valence-electron chi connectivity index (χ2n) is 2.23. The fraction of sp³-hybridized carbons (Fsp3) is 0.286. The van der Waals surface area contributed by atoms with Gasteiger partial charge in [0.05, 0.1) is 17.2 Å². The molecule has 0 aliphatic carbocycles. The molecule has 0 radical (unpaired) electrons. The molecule has 1 heterocycles. The molecule has 0 fully saturated rings. The molecule has 66 valence electrons. The number of nitrogens with zero attached hydrogens (tertiary/aromatic N) is 1. The Bertz CT molecular complexity index is 311. The van der Waals surface area contributed by atoms with Gasteiger partial charge in [0.15, 0.2) is 0 Å². The van der Waals surface area contributed by atoms with Gasteiger partial charge in [-0.25, -0.2) is 0 Å². The molecule has 12 heavy (non-hydrogen) atoms. The van der Waals surface area contributed by atoms with E-state index < -0.39 is 0 Å². The van der Waals surface area contributed by atoms with Gasteiger partial charge in [0.2, 0.25) is 0 Å². The first-order chi connectivity index (χ1) is 5.74. The summed E-state index contributed by atoms with van der Waals surface area (Å²) in [6.07, 6.45) is 1.82. The molecule has 0 amide bonds. The van der Waals surface area contributed by atoms with Gasteiger partial charge in [-0.15, -0.1) is 11.8 Å². The first-order valence-corrected chi connectivity index (χ1v) is 5.19. The van der Waals surface area contributed by atoms with Crippen LogP contribution < -0.4 is 5.49 Å². The Balaban J connectivity index is 2.75. The molecule has 0 atom stereocenters. The molecule has 1 N–H and O–H groups in total. The number of halogens is 1. The molecule has 1 rings (SSSR count). The van der Waals surface area contributed by atoms with Crippen LogP contribution in [-0.4, -0.2) is 9.65 Å². The molecule has 0 unspecified atom stereocenters. The van der Waals surface area contributed by atoms with Gasteiger partial charge in [-0.1, -0.05) is 0 Å². The normalized spacial score (nSPS) is 10.2. The van der Waals surface area contributed by atoms with Gasteiger partial charge in [0, 0.05) is 18.1 Å². The Morgan fingerprint density at radius 1 is 1.58 bits per heavy atom. The topological polar surface area (TPSA) is 28.8 Å². The number of thioether (sulfide) groups is 1. The molecule has 2 nitrogen and oxygen atoms in total. The summed E-state index contributed by atoms with van der Waals surface area (Å²) in [7, 11) is 1.80. The van der Waals surface area contributed by atoms with Crippen molar-refractivity contribution in [3.8, 4) is 0 Å². The van der Waals surface area contributed by atoms with Crippen LogP contribution in [0.4, 0.5) is 3.89 Å². The van der Waals surface area contributed by atoms with E-state index in [0.717, 1.165) is 4.90 Å². The number of aromatic nitrogens is 1. The van der Waals surface area contributed by atoms with E-state index in [2.05, 4.69) is 0 Å². The number of nitrogens with one attached hydrogen (secondary N) is 1. The highest BCUT2D eigenvalue weighted by atomic mass is 32.2. The van der Waals surface area contributed by atoms with Crippen molar-refractivity contribution in [1.82, 2.24) is 4.57 Å². The maximum atomic E-state index is 11.7. The first kappa shape index (κ1) is 9.67. The van der Waals surface area contributed by atoms with Crippen LogP contribution in [0.25, 0.3) is 0 Å².